The fourth-order valence-corrected chi connectivity index (χ4v) is 2.78. The van der Waals surface area contributed by atoms with Gasteiger partial charge in [-0.25, -0.2) is 4.98 Å². The lowest BCUT2D eigenvalue weighted by molar-refractivity contribution is -0.137. The van der Waals surface area contributed by atoms with Crippen molar-refractivity contribution in [3.8, 4) is 11.5 Å². The predicted molar refractivity (Wildman–Crippen MR) is 88.8 cm³/mol. The summed E-state index contributed by atoms with van der Waals surface area (Å²) in [5.41, 5.74) is 0.694. The number of carbonyl (C=O) groups excluding carboxylic acids is 1. The highest BCUT2D eigenvalue weighted by molar-refractivity contribution is 5.94. The highest BCUT2D eigenvalue weighted by Gasteiger charge is 2.30. The molecule has 0 unspecified atom stereocenters. The van der Waals surface area contributed by atoms with E-state index < -0.39 is 11.7 Å². The van der Waals surface area contributed by atoms with Crippen molar-refractivity contribution in [2.75, 3.05) is 13.3 Å². The van der Waals surface area contributed by atoms with Gasteiger partial charge in [0.1, 0.15) is 5.65 Å². The van der Waals surface area contributed by atoms with E-state index in [-0.39, 0.29) is 12.7 Å². The molecule has 0 saturated carbocycles. The van der Waals surface area contributed by atoms with Crippen molar-refractivity contribution in [1.82, 2.24) is 14.7 Å². The molecule has 3 heterocycles. The smallest absolute Gasteiger partial charge is 0.417 e. The van der Waals surface area contributed by atoms with Crippen LogP contribution in [-0.2, 0) is 12.6 Å². The fourth-order valence-electron chi connectivity index (χ4n) is 2.78. The third-order valence-electron chi connectivity index (χ3n) is 4.13. The molecular formula is C18H14F3N3O3. The zero-order valence-corrected chi connectivity index (χ0v) is 13.9. The second kappa shape index (κ2) is 6.49. The van der Waals surface area contributed by atoms with Crippen LogP contribution in [0.5, 0.6) is 11.5 Å². The molecule has 0 fully saturated rings. The van der Waals surface area contributed by atoms with Crippen molar-refractivity contribution in [3.63, 3.8) is 0 Å². The fraction of sp³-hybridized carbons (Fsp3) is 0.222. The number of carbonyl (C=O) groups is 1. The van der Waals surface area contributed by atoms with Crippen LogP contribution in [0.1, 0.15) is 21.6 Å². The second-order valence-electron chi connectivity index (χ2n) is 5.99. The molecule has 0 aliphatic carbocycles. The Kier molecular flexibility index (Phi) is 4.14. The highest BCUT2D eigenvalue weighted by atomic mass is 19.4. The van der Waals surface area contributed by atoms with E-state index in [1.54, 1.807) is 18.2 Å². The summed E-state index contributed by atoms with van der Waals surface area (Å²) in [6.45, 7) is 0.424. The van der Waals surface area contributed by atoms with Gasteiger partial charge in [-0.1, -0.05) is 0 Å². The molecule has 140 valence electrons. The number of hydrogen-bond donors (Lipinski definition) is 1. The van der Waals surface area contributed by atoms with Crippen LogP contribution in [-0.4, -0.2) is 28.6 Å². The summed E-state index contributed by atoms with van der Waals surface area (Å²) in [4.78, 5) is 16.5. The summed E-state index contributed by atoms with van der Waals surface area (Å²) >= 11 is 0. The number of rotatable bonds is 4. The molecule has 1 N–H and O–H groups in total. The Morgan fingerprint density at radius 1 is 1.15 bits per heavy atom. The summed E-state index contributed by atoms with van der Waals surface area (Å²) < 4.78 is 50.0. The van der Waals surface area contributed by atoms with E-state index in [2.05, 4.69) is 10.3 Å². The Labute approximate surface area is 151 Å². The SMILES string of the molecule is O=C(NCCc1cn2cc(C(F)(F)F)ccc2n1)c1ccc2c(c1)OCO2. The van der Waals surface area contributed by atoms with Gasteiger partial charge in [-0.2, -0.15) is 13.2 Å². The van der Waals surface area contributed by atoms with Gasteiger partial charge in [0.05, 0.1) is 11.3 Å². The number of nitrogens with one attached hydrogen (secondary N) is 1. The lowest BCUT2D eigenvalue weighted by Crippen LogP contribution is -2.25. The van der Waals surface area contributed by atoms with E-state index in [0.717, 1.165) is 12.3 Å². The van der Waals surface area contributed by atoms with Crippen LogP contribution in [0.2, 0.25) is 0 Å². The van der Waals surface area contributed by atoms with E-state index in [4.69, 9.17) is 9.47 Å². The molecule has 27 heavy (non-hydrogen) atoms. The van der Waals surface area contributed by atoms with Crippen molar-refractivity contribution < 1.29 is 27.4 Å². The standard InChI is InChI=1S/C18H14F3N3O3/c19-18(20,21)12-2-4-16-23-13(9-24(16)8-12)5-6-22-17(25)11-1-3-14-15(7-11)27-10-26-14/h1-4,7-9H,5-6,10H2,(H,22,25). The zero-order valence-electron chi connectivity index (χ0n) is 13.9. The Bertz CT molecular complexity index is 1010. The average Bonchev–Trinajstić information content (AvgIpc) is 3.25. The van der Waals surface area contributed by atoms with Crippen LogP contribution in [0.4, 0.5) is 13.2 Å². The molecule has 6 nitrogen and oxygen atoms in total. The maximum atomic E-state index is 12.8. The van der Waals surface area contributed by atoms with Gasteiger partial charge in [-0.3, -0.25) is 4.79 Å². The van der Waals surface area contributed by atoms with Crippen molar-refractivity contribution in [1.29, 1.82) is 0 Å². The molecule has 0 bridgehead atoms. The second-order valence-corrected chi connectivity index (χ2v) is 5.99. The molecule has 0 atom stereocenters. The molecule has 1 aliphatic rings. The molecule has 1 aliphatic heterocycles. The largest absolute Gasteiger partial charge is 0.454 e. The maximum Gasteiger partial charge on any atom is 0.417 e. The number of halogens is 3. The Morgan fingerprint density at radius 3 is 2.78 bits per heavy atom. The summed E-state index contributed by atoms with van der Waals surface area (Å²) in [7, 11) is 0. The molecule has 0 spiro atoms. The van der Waals surface area contributed by atoms with E-state index in [1.165, 1.54) is 16.7 Å². The van der Waals surface area contributed by atoms with E-state index in [9.17, 15) is 18.0 Å². The predicted octanol–water partition coefficient (Wildman–Crippen LogP) is 3.05. The third kappa shape index (κ3) is 3.53. The van der Waals surface area contributed by atoms with Crippen LogP contribution < -0.4 is 14.8 Å². The van der Waals surface area contributed by atoms with Crippen molar-refractivity contribution in [3.05, 3.63) is 59.5 Å². The zero-order chi connectivity index (χ0) is 19.0. The topological polar surface area (TPSA) is 64.9 Å². The number of pyridine rings is 1. The molecule has 1 amide bonds. The minimum atomic E-state index is -4.41. The number of alkyl halides is 3. The summed E-state index contributed by atoms with van der Waals surface area (Å²) in [6.07, 6.45) is -1.50. The quantitative estimate of drug-likeness (QED) is 0.759. The van der Waals surface area contributed by atoms with Crippen molar-refractivity contribution >= 4 is 11.6 Å². The average molecular weight is 377 g/mol. The molecule has 0 radical (unpaired) electrons. The van der Waals surface area contributed by atoms with Crippen LogP contribution >= 0.6 is 0 Å². The molecule has 1 aromatic carbocycles. The number of fused-ring (bicyclic) bond motifs is 2. The Hall–Kier alpha value is -3.23. The van der Waals surface area contributed by atoms with Gasteiger partial charge < -0.3 is 19.2 Å². The van der Waals surface area contributed by atoms with Crippen LogP contribution in [0.15, 0.2) is 42.7 Å². The Morgan fingerprint density at radius 2 is 1.96 bits per heavy atom. The van der Waals surface area contributed by atoms with Crippen LogP contribution in [0.3, 0.4) is 0 Å². The van der Waals surface area contributed by atoms with Gasteiger partial charge in [0.15, 0.2) is 11.5 Å². The first kappa shape index (κ1) is 17.2. The molecule has 0 saturated heterocycles. The number of benzene rings is 1. The number of nitrogens with zero attached hydrogens (tertiary/aromatic N) is 2. The summed E-state index contributed by atoms with van der Waals surface area (Å²) in [5, 5.41) is 2.75. The maximum absolute atomic E-state index is 12.8. The Balaban J connectivity index is 1.39. The monoisotopic (exact) mass is 377 g/mol. The van der Waals surface area contributed by atoms with Crippen LogP contribution in [0, 0.1) is 0 Å². The van der Waals surface area contributed by atoms with Gasteiger partial charge in [0.2, 0.25) is 6.79 Å². The van der Waals surface area contributed by atoms with E-state index in [0.29, 0.717) is 41.4 Å². The van der Waals surface area contributed by atoms with Gasteiger partial charge in [-0.05, 0) is 30.3 Å². The first-order valence-corrected chi connectivity index (χ1v) is 8.13. The molecule has 4 rings (SSSR count). The number of amides is 1. The first-order chi connectivity index (χ1) is 12.9. The van der Waals surface area contributed by atoms with E-state index in [1.807, 2.05) is 0 Å². The normalized spacial score (nSPS) is 13.1. The van der Waals surface area contributed by atoms with Gasteiger partial charge in [-0.15, -0.1) is 0 Å². The minimum absolute atomic E-state index is 0.129. The number of hydrogen-bond acceptors (Lipinski definition) is 4. The van der Waals surface area contributed by atoms with Crippen molar-refractivity contribution in [2.45, 2.75) is 12.6 Å². The molecule has 2 aromatic heterocycles. The lowest BCUT2D eigenvalue weighted by atomic mass is 10.2. The van der Waals surface area contributed by atoms with Gasteiger partial charge >= 0.3 is 6.18 Å². The third-order valence-corrected chi connectivity index (χ3v) is 4.13. The molecule has 3 aromatic rings. The minimum Gasteiger partial charge on any atom is -0.454 e. The number of ether oxygens (including phenoxy) is 2. The lowest BCUT2D eigenvalue weighted by Gasteiger charge is -2.05. The van der Waals surface area contributed by atoms with E-state index >= 15 is 0 Å². The number of aromatic nitrogens is 2. The van der Waals surface area contributed by atoms with Gasteiger partial charge in [0, 0.05) is 30.9 Å². The summed E-state index contributed by atoms with van der Waals surface area (Å²) in [6, 6.07) is 7.20. The van der Waals surface area contributed by atoms with Gasteiger partial charge in [0.25, 0.3) is 5.91 Å². The molecule has 9 heteroatoms. The highest BCUT2D eigenvalue weighted by Crippen LogP contribution is 2.32. The summed E-state index contributed by atoms with van der Waals surface area (Å²) in [5.74, 6) is 0.828. The van der Waals surface area contributed by atoms with Crippen molar-refractivity contribution in [2.24, 2.45) is 0 Å². The van der Waals surface area contributed by atoms with Crippen LogP contribution in [0.25, 0.3) is 5.65 Å². The number of imidazole rings is 1. The first-order valence-electron chi connectivity index (χ1n) is 8.13. The molecular weight excluding hydrogens is 363 g/mol.